The molecule has 0 atom stereocenters. The van der Waals surface area contributed by atoms with E-state index in [1.165, 1.54) is 16.4 Å². The Morgan fingerprint density at radius 2 is 0.934 bits per heavy atom. The van der Waals surface area contributed by atoms with Crippen LogP contribution in [0.15, 0.2) is 156 Å². The van der Waals surface area contributed by atoms with Crippen LogP contribution >= 0.6 is 0 Å². The van der Waals surface area contributed by atoms with Gasteiger partial charge in [-0.2, -0.15) is 4.98 Å². The lowest BCUT2D eigenvalue weighted by atomic mass is 9.60. The first-order valence-electron chi connectivity index (χ1n) is 20.6. The number of hydrogen-bond acceptors (Lipinski definition) is 6. The molecule has 0 aliphatic rings. The third-order valence-corrected chi connectivity index (χ3v) is 12.5. The van der Waals surface area contributed by atoms with E-state index in [1.807, 2.05) is 54.6 Å². The van der Waals surface area contributed by atoms with E-state index in [4.69, 9.17) is 29.3 Å². The van der Waals surface area contributed by atoms with Gasteiger partial charge in [0.05, 0.1) is 27.8 Å². The van der Waals surface area contributed by atoms with Gasteiger partial charge in [-0.15, -0.1) is 16.4 Å². The van der Waals surface area contributed by atoms with Crippen LogP contribution in [0.3, 0.4) is 0 Å². The van der Waals surface area contributed by atoms with E-state index >= 15 is 0 Å². The summed E-state index contributed by atoms with van der Waals surface area (Å²) in [7, 11) is 10.9. The van der Waals surface area contributed by atoms with E-state index in [2.05, 4.69) is 141 Å². The average Bonchev–Trinajstić information content (AvgIpc) is 3.86. The van der Waals surface area contributed by atoms with Crippen LogP contribution in [0.4, 0.5) is 0 Å². The standard InChI is InChI=1S/C49H35B5N6O/c50-39-38(40(51)42(53)43(54)41(39)52)48-57-45(27-15-5-2-6-16-27)56-47(58-48)32-25-28(23-24-35(32)60-33-20-10-7-17-29(33)30-18-8-11-21-34(30)60)46-55-44(26-13-3-1-4-14-26)37-31-19-9-12-22-36(31)61-49(37)59-46/h1-25H,50-54H2. The van der Waals surface area contributed by atoms with Gasteiger partial charge in [0.15, 0.2) is 23.3 Å². The Hall–Kier alpha value is -7.45. The molecule has 61 heavy (non-hydrogen) atoms. The number of hydrogen-bond donors (Lipinski definition) is 0. The molecule has 0 fully saturated rings. The summed E-state index contributed by atoms with van der Waals surface area (Å²) in [5.41, 5.74) is 15.8. The maximum atomic E-state index is 6.46. The molecule has 0 aliphatic heterocycles. The van der Waals surface area contributed by atoms with Crippen molar-refractivity contribution < 1.29 is 4.42 Å². The number of fused-ring (bicyclic) bond motifs is 6. The monoisotopic (exact) mass is 778 g/mol. The number of furan rings is 1. The minimum Gasteiger partial charge on any atom is -0.438 e. The average molecular weight is 778 g/mol. The molecule has 11 rings (SSSR count). The van der Waals surface area contributed by atoms with Crippen molar-refractivity contribution in [2.75, 3.05) is 0 Å². The maximum Gasteiger partial charge on any atom is 0.231 e. The lowest BCUT2D eigenvalue weighted by Gasteiger charge is -2.20. The number of para-hydroxylation sites is 3. The number of nitrogens with zero attached hydrogens (tertiary/aromatic N) is 6. The van der Waals surface area contributed by atoms with Crippen molar-refractivity contribution in [2.24, 2.45) is 0 Å². The van der Waals surface area contributed by atoms with Crippen molar-refractivity contribution >= 4 is 110 Å². The summed E-state index contributed by atoms with van der Waals surface area (Å²) in [5, 5.41) is 4.19. The van der Waals surface area contributed by atoms with Gasteiger partial charge < -0.3 is 8.98 Å². The van der Waals surface area contributed by atoms with Crippen LogP contribution in [0.1, 0.15) is 0 Å². The molecule has 0 saturated heterocycles. The number of rotatable bonds is 6. The molecule has 0 amide bonds. The first-order chi connectivity index (χ1) is 29.8. The third-order valence-electron chi connectivity index (χ3n) is 12.5. The van der Waals surface area contributed by atoms with Gasteiger partial charge in [0, 0.05) is 44.0 Å². The van der Waals surface area contributed by atoms with Crippen LogP contribution in [-0.2, 0) is 0 Å². The van der Waals surface area contributed by atoms with Gasteiger partial charge in [-0.25, -0.2) is 19.9 Å². The van der Waals surface area contributed by atoms with Crippen molar-refractivity contribution in [2.45, 2.75) is 0 Å². The van der Waals surface area contributed by atoms with Gasteiger partial charge in [0.2, 0.25) is 5.71 Å². The Balaban J connectivity index is 1.24. The van der Waals surface area contributed by atoms with Crippen LogP contribution in [0.25, 0.3) is 106 Å². The van der Waals surface area contributed by atoms with Crippen LogP contribution < -0.4 is 27.3 Å². The van der Waals surface area contributed by atoms with E-state index in [9.17, 15) is 0 Å². The fourth-order valence-electron chi connectivity index (χ4n) is 8.95. The molecule has 4 aromatic heterocycles. The Kier molecular flexibility index (Phi) is 8.63. The summed E-state index contributed by atoms with van der Waals surface area (Å²) >= 11 is 0. The first kappa shape index (κ1) is 36.6. The summed E-state index contributed by atoms with van der Waals surface area (Å²) in [4.78, 5) is 26.5. The molecule has 4 heterocycles. The predicted octanol–water partition coefficient (Wildman–Crippen LogP) is 3.29. The highest BCUT2D eigenvalue weighted by Gasteiger charge is 2.24. The third kappa shape index (κ3) is 5.93. The van der Waals surface area contributed by atoms with E-state index < -0.39 is 0 Å². The predicted molar refractivity (Wildman–Crippen MR) is 265 cm³/mol. The lowest BCUT2D eigenvalue weighted by molar-refractivity contribution is 0.653. The molecule has 7 nitrogen and oxygen atoms in total. The Morgan fingerprint density at radius 3 is 1.61 bits per heavy atom. The molecule has 0 saturated carbocycles. The van der Waals surface area contributed by atoms with Crippen molar-refractivity contribution in [3.8, 4) is 62.5 Å². The quantitative estimate of drug-likeness (QED) is 0.242. The molecule has 0 unspecified atom stereocenters. The van der Waals surface area contributed by atoms with Gasteiger partial charge in [0.1, 0.15) is 44.8 Å². The first-order valence-corrected chi connectivity index (χ1v) is 20.6. The molecule has 0 aliphatic carbocycles. The summed E-state index contributed by atoms with van der Waals surface area (Å²) in [6.45, 7) is 0. The van der Waals surface area contributed by atoms with Gasteiger partial charge in [-0.1, -0.05) is 126 Å². The molecule has 0 spiro atoms. The van der Waals surface area contributed by atoms with Gasteiger partial charge in [0.25, 0.3) is 0 Å². The maximum absolute atomic E-state index is 6.46. The van der Waals surface area contributed by atoms with Gasteiger partial charge in [-0.3, -0.25) is 0 Å². The Labute approximate surface area is 357 Å². The van der Waals surface area contributed by atoms with E-state index in [1.54, 1.807) is 0 Å². The zero-order valence-electron chi connectivity index (χ0n) is 34.5. The van der Waals surface area contributed by atoms with Gasteiger partial charge >= 0.3 is 0 Å². The number of aromatic nitrogens is 6. The van der Waals surface area contributed by atoms with Gasteiger partial charge in [-0.05, 0) is 36.4 Å². The molecule has 11 aromatic rings. The highest BCUT2D eigenvalue weighted by molar-refractivity contribution is 6.68. The molecule has 0 N–H and O–H groups in total. The normalized spacial score (nSPS) is 11.6. The zero-order chi connectivity index (χ0) is 41.4. The van der Waals surface area contributed by atoms with Crippen LogP contribution in [0.2, 0.25) is 0 Å². The van der Waals surface area contributed by atoms with Crippen LogP contribution in [0, 0.1) is 0 Å². The molecule has 0 bridgehead atoms. The van der Waals surface area contributed by atoms with Crippen LogP contribution in [0.5, 0.6) is 0 Å². The van der Waals surface area contributed by atoms with Crippen molar-refractivity contribution in [3.05, 3.63) is 152 Å². The topological polar surface area (TPSA) is 82.5 Å². The van der Waals surface area contributed by atoms with Crippen molar-refractivity contribution in [3.63, 3.8) is 0 Å². The minimum atomic E-state index is 0.531. The Bertz CT molecular complexity index is 3470. The van der Waals surface area contributed by atoms with Crippen molar-refractivity contribution in [1.82, 2.24) is 29.5 Å². The summed E-state index contributed by atoms with van der Waals surface area (Å²) in [6, 6.07) is 52.0. The lowest BCUT2D eigenvalue weighted by Crippen LogP contribution is -2.55. The largest absolute Gasteiger partial charge is 0.438 e. The molecule has 282 valence electrons. The highest BCUT2D eigenvalue weighted by Crippen LogP contribution is 2.40. The van der Waals surface area contributed by atoms with E-state index in [0.717, 1.165) is 88.3 Å². The fourth-order valence-corrected chi connectivity index (χ4v) is 8.95. The number of benzene rings is 7. The zero-order valence-corrected chi connectivity index (χ0v) is 34.5. The summed E-state index contributed by atoms with van der Waals surface area (Å²) in [6.07, 6.45) is 0. The highest BCUT2D eigenvalue weighted by atomic mass is 16.3. The summed E-state index contributed by atoms with van der Waals surface area (Å²) < 4.78 is 8.79. The Morgan fingerprint density at radius 1 is 0.410 bits per heavy atom. The molecule has 12 heteroatoms. The van der Waals surface area contributed by atoms with E-state index in [-0.39, 0.29) is 0 Å². The fraction of sp³-hybridized carbons (Fsp3) is 0. The SMILES string of the molecule is Bc1c(B)c(B)c(-c2nc(-c3ccccc3)nc(-c3cc(-c4nc(-c5ccccc5)c5c(n4)oc4ccccc45)ccc3-n3c4ccccc4c4ccccc43)n2)c(B)c1B. The second-order valence-corrected chi connectivity index (χ2v) is 15.8. The van der Waals surface area contributed by atoms with Crippen LogP contribution in [-0.4, -0.2) is 68.7 Å². The van der Waals surface area contributed by atoms with Crippen molar-refractivity contribution in [1.29, 1.82) is 0 Å². The minimum absolute atomic E-state index is 0.531. The second-order valence-electron chi connectivity index (χ2n) is 15.8. The molecule has 7 aromatic carbocycles. The second kappa shape index (κ2) is 14.4. The summed E-state index contributed by atoms with van der Waals surface area (Å²) in [5.74, 6) is 2.31. The molecular formula is C49H35B5N6O. The van der Waals surface area contributed by atoms with E-state index in [0.29, 0.717) is 29.0 Å². The molecule has 0 radical (unpaired) electrons. The molecular weight excluding hydrogens is 743 g/mol. The smallest absolute Gasteiger partial charge is 0.231 e.